The molecule has 1 amide bonds. The second-order valence-electron chi connectivity index (χ2n) is 13.0. The Kier molecular flexibility index (Phi) is 8.98. The molecular weight excluding hydrogens is 556 g/mol. The van der Waals surface area contributed by atoms with Crippen LogP contribution in [0.5, 0.6) is 11.8 Å². The minimum absolute atomic E-state index is 0.261. The first-order valence-corrected chi connectivity index (χ1v) is 16.1. The first kappa shape index (κ1) is 30.2. The Bertz CT molecular complexity index is 1460. The normalized spacial score (nSPS) is 19.1. The minimum Gasteiger partial charge on any atom is -0.497 e. The molecule has 0 saturated carbocycles. The monoisotopic (exact) mass is 602 g/mol. The van der Waals surface area contributed by atoms with Crippen LogP contribution in [-0.4, -0.2) is 85.6 Å². The van der Waals surface area contributed by atoms with Gasteiger partial charge >= 0.3 is 12.1 Å². The molecule has 1 atom stereocenters. The summed E-state index contributed by atoms with van der Waals surface area (Å²) in [5, 5.41) is 5.95. The molecule has 0 spiro atoms. The van der Waals surface area contributed by atoms with E-state index >= 15 is 0 Å². The molecule has 10 nitrogen and oxygen atoms in total. The van der Waals surface area contributed by atoms with E-state index in [1.807, 2.05) is 20.8 Å². The van der Waals surface area contributed by atoms with Gasteiger partial charge in [0.1, 0.15) is 17.2 Å². The van der Waals surface area contributed by atoms with E-state index in [4.69, 9.17) is 24.2 Å². The summed E-state index contributed by atoms with van der Waals surface area (Å²) >= 11 is 0. The van der Waals surface area contributed by atoms with E-state index in [1.54, 1.807) is 12.0 Å². The minimum atomic E-state index is -0.515. The zero-order valence-electron chi connectivity index (χ0n) is 26.6. The summed E-state index contributed by atoms with van der Waals surface area (Å²) < 4.78 is 17.5. The first-order valence-electron chi connectivity index (χ1n) is 16.1. The number of hydrogen-bond acceptors (Lipinski definition) is 9. The Labute approximate surface area is 260 Å². The lowest BCUT2D eigenvalue weighted by Crippen LogP contribution is -2.50. The van der Waals surface area contributed by atoms with E-state index in [2.05, 4.69) is 51.5 Å². The van der Waals surface area contributed by atoms with Gasteiger partial charge in [-0.05, 0) is 64.5 Å². The molecule has 1 N–H and O–H groups in total. The topological polar surface area (TPSA) is 92.3 Å². The summed E-state index contributed by atoms with van der Waals surface area (Å²) in [5.41, 5.74) is 2.79. The Morgan fingerprint density at radius 1 is 1.02 bits per heavy atom. The second-order valence-corrected chi connectivity index (χ2v) is 13.0. The van der Waals surface area contributed by atoms with Crippen LogP contribution in [-0.2, 0) is 17.7 Å². The third-order valence-corrected chi connectivity index (χ3v) is 8.75. The van der Waals surface area contributed by atoms with E-state index in [0.717, 1.165) is 54.3 Å². The molecule has 44 heavy (non-hydrogen) atoms. The maximum atomic E-state index is 12.7. The van der Waals surface area contributed by atoms with Gasteiger partial charge in [-0.1, -0.05) is 30.7 Å². The highest BCUT2D eigenvalue weighted by molar-refractivity contribution is 5.95. The largest absolute Gasteiger partial charge is 0.497 e. The molecule has 2 fully saturated rings. The predicted octanol–water partition coefficient (Wildman–Crippen LogP) is 5.17. The van der Waals surface area contributed by atoms with Crippen LogP contribution < -0.4 is 24.6 Å². The van der Waals surface area contributed by atoms with E-state index in [9.17, 15) is 4.79 Å². The number of hydrogen-bond donors (Lipinski definition) is 1. The SMILES string of the molecule is COc1cc(N2CCc3c(nc(OCC[C@@H]4CCCCN4)nc3N3CCN(C(=O)OC(C)(C)C)CC3)C2)c2ccccc2c1. The van der Waals surface area contributed by atoms with Gasteiger partial charge in [0.2, 0.25) is 0 Å². The molecule has 2 aromatic carbocycles. The molecule has 3 aliphatic rings. The fourth-order valence-corrected chi connectivity index (χ4v) is 6.45. The number of amides is 1. The number of benzene rings is 2. The third kappa shape index (κ3) is 6.96. The molecule has 2 saturated heterocycles. The van der Waals surface area contributed by atoms with Gasteiger partial charge < -0.3 is 34.2 Å². The third-order valence-electron chi connectivity index (χ3n) is 8.75. The van der Waals surface area contributed by atoms with Gasteiger partial charge in [-0.3, -0.25) is 0 Å². The van der Waals surface area contributed by atoms with Crippen LogP contribution in [0.1, 0.15) is 57.7 Å². The van der Waals surface area contributed by atoms with Gasteiger partial charge in [-0.25, -0.2) is 4.79 Å². The van der Waals surface area contributed by atoms with Crippen molar-refractivity contribution in [1.82, 2.24) is 20.2 Å². The molecule has 236 valence electrons. The average molecular weight is 603 g/mol. The number of nitrogens with one attached hydrogen (secondary N) is 1. The number of carbonyl (C=O) groups excluding carboxylic acids is 1. The summed E-state index contributed by atoms with van der Waals surface area (Å²) in [7, 11) is 1.72. The summed E-state index contributed by atoms with van der Waals surface area (Å²) in [4.78, 5) is 29.2. The number of piperidine rings is 1. The Morgan fingerprint density at radius 3 is 2.59 bits per heavy atom. The number of carbonyl (C=O) groups is 1. The zero-order chi connectivity index (χ0) is 30.7. The van der Waals surface area contributed by atoms with Crippen molar-refractivity contribution in [3.8, 4) is 11.8 Å². The van der Waals surface area contributed by atoms with Crippen molar-refractivity contribution in [2.75, 3.05) is 62.8 Å². The van der Waals surface area contributed by atoms with Crippen LogP contribution in [0.2, 0.25) is 0 Å². The molecule has 3 aliphatic heterocycles. The lowest BCUT2D eigenvalue weighted by atomic mass is 10.0. The molecule has 3 aromatic rings. The number of ether oxygens (including phenoxy) is 3. The quantitative estimate of drug-likeness (QED) is 0.393. The lowest BCUT2D eigenvalue weighted by molar-refractivity contribution is 0.0240. The van der Waals surface area contributed by atoms with Crippen molar-refractivity contribution < 1.29 is 19.0 Å². The van der Waals surface area contributed by atoms with Crippen LogP contribution >= 0.6 is 0 Å². The maximum absolute atomic E-state index is 12.7. The summed E-state index contributed by atoms with van der Waals surface area (Å²) in [5.74, 6) is 1.77. The molecule has 6 rings (SSSR count). The van der Waals surface area contributed by atoms with Gasteiger partial charge in [0.25, 0.3) is 0 Å². The van der Waals surface area contributed by atoms with Crippen molar-refractivity contribution in [1.29, 1.82) is 0 Å². The Hall–Kier alpha value is -3.79. The van der Waals surface area contributed by atoms with Gasteiger partial charge in [0.15, 0.2) is 0 Å². The molecule has 4 heterocycles. The van der Waals surface area contributed by atoms with Crippen LogP contribution in [0.15, 0.2) is 36.4 Å². The van der Waals surface area contributed by atoms with E-state index < -0.39 is 5.60 Å². The number of aromatic nitrogens is 2. The summed E-state index contributed by atoms with van der Waals surface area (Å²) in [6.45, 7) is 11.4. The highest BCUT2D eigenvalue weighted by Gasteiger charge is 2.31. The molecule has 0 bridgehead atoms. The lowest BCUT2D eigenvalue weighted by Gasteiger charge is -2.38. The standard InChI is InChI=1S/C34H46N6O4/c1-34(2,3)44-33(41)39-18-16-38(17-19-39)31-28-12-15-40(30-22-26(42-4)21-24-9-5-6-11-27(24)30)23-29(28)36-32(37-31)43-20-13-25-10-7-8-14-35-25/h5-6,9,11,21-22,25,35H,7-8,10,12-20,23H2,1-4H3/t25-/m0/s1. The molecule has 0 unspecified atom stereocenters. The predicted molar refractivity (Wildman–Crippen MR) is 173 cm³/mol. The van der Waals surface area contributed by atoms with Crippen molar-refractivity contribution in [2.45, 2.75) is 71.1 Å². The van der Waals surface area contributed by atoms with E-state index in [-0.39, 0.29) is 6.09 Å². The molecular formula is C34H46N6O4. The number of rotatable bonds is 7. The van der Waals surface area contributed by atoms with Crippen LogP contribution in [0.25, 0.3) is 10.8 Å². The molecule has 10 heteroatoms. The first-order chi connectivity index (χ1) is 21.3. The van der Waals surface area contributed by atoms with Crippen LogP contribution in [0, 0.1) is 0 Å². The van der Waals surface area contributed by atoms with E-state index in [0.29, 0.717) is 51.4 Å². The van der Waals surface area contributed by atoms with Crippen molar-refractivity contribution >= 4 is 28.4 Å². The van der Waals surface area contributed by atoms with E-state index in [1.165, 1.54) is 30.2 Å². The second kappa shape index (κ2) is 13.1. The zero-order valence-corrected chi connectivity index (χ0v) is 26.6. The number of anilines is 2. The highest BCUT2D eigenvalue weighted by atomic mass is 16.6. The van der Waals surface area contributed by atoms with Gasteiger partial charge in [0, 0.05) is 61.5 Å². The molecule has 0 radical (unpaired) electrons. The number of piperazine rings is 1. The van der Waals surface area contributed by atoms with Crippen LogP contribution in [0.3, 0.4) is 0 Å². The highest BCUT2D eigenvalue weighted by Crippen LogP contribution is 2.36. The fourth-order valence-electron chi connectivity index (χ4n) is 6.45. The number of methoxy groups -OCH3 is 1. The molecule has 0 aliphatic carbocycles. The average Bonchev–Trinajstić information content (AvgIpc) is 3.03. The fraction of sp³-hybridized carbons (Fsp3) is 0.559. The Morgan fingerprint density at radius 2 is 1.84 bits per heavy atom. The summed E-state index contributed by atoms with van der Waals surface area (Å²) in [6.07, 6.45) is 5.19. The molecule has 1 aromatic heterocycles. The Balaban J connectivity index is 1.25. The van der Waals surface area contributed by atoms with Gasteiger partial charge in [-0.15, -0.1) is 0 Å². The van der Waals surface area contributed by atoms with Gasteiger partial charge in [0.05, 0.1) is 26.0 Å². The van der Waals surface area contributed by atoms with Gasteiger partial charge in [-0.2, -0.15) is 9.97 Å². The number of fused-ring (bicyclic) bond motifs is 2. The smallest absolute Gasteiger partial charge is 0.410 e. The van der Waals surface area contributed by atoms with Crippen molar-refractivity contribution in [3.63, 3.8) is 0 Å². The summed E-state index contributed by atoms with van der Waals surface area (Å²) in [6, 6.07) is 13.6. The van der Waals surface area contributed by atoms with Crippen molar-refractivity contribution in [3.05, 3.63) is 47.7 Å². The van der Waals surface area contributed by atoms with Crippen molar-refractivity contribution in [2.24, 2.45) is 0 Å². The van der Waals surface area contributed by atoms with Crippen LogP contribution in [0.4, 0.5) is 16.3 Å². The number of nitrogens with zero attached hydrogens (tertiary/aromatic N) is 5. The maximum Gasteiger partial charge on any atom is 0.410 e.